The molecule has 3 fully saturated rings. The van der Waals surface area contributed by atoms with E-state index in [2.05, 4.69) is 14.9 Å². The number of aryl methyl sites for hydroxylation is 1. The van der Waals surface area contributed by atoms with Gasteiger partial charge in [-0.05, 0) is 86.0 Å². The molecule has 4 aromatic rings. The summed E-state index contributed by atoms with van der Waals surface area (Å²) in [5.74, 6) is -0.797. The minimum Gasteiger partial charge on any atom is -0.508 e. The lowest BCUT2D eigenvalue weighted by Crippen LogP contribution is -2.48. The lowest BCUT2D eigenvalue weighted by Gasteiger charge is -2.40. The Morgan fingerprint density at radius 2 is 1.85 bits per heavy atom. The molecule has 5 aliphatic heterocycles. The molecular weight excluding hydrogens is 595 g/mol. The van der Waals surface area contributed by atoms with Crippen LogP contribution in [0.1, 0.15) is 63.4 Å². The second kappa shape index (κ2) is 11.2. The summed E-state index contributed by atoms with van der Waals surface area (Å²) in [7, 11) is 0. The van der Waals surface area contributed by atoms with Crippen LogP contribution in [0.2, 0.25) is 0 Å². The zero-order chi connectivity index (χ0) is 31.6. The first-order valence-corrected chi connectivity index (χ1v) is 16.5. The lowest BCUT2D eigenvalue weighted by atomic mass is 9.86. The molecule has 0 amide bonds. The minimum absolute atomic E-state index is 0.0174. The highest BCUT2D eigenvalue weighted by Crippen LogP contribution is 2.42. The molecule has 0 saturated carbocycles. The van der Waals surface area contributed by atoms with Gasteiger partial charge in [0.05, 0.1) is 16.5 Å². The number of nitrogens with zero attached hydrogens (tertiary/aromatic N) is 5. The number of hydrogen-bond acceptors (Lipinski definition) is 8. The topological polar surface area (TPSA) is 94.8 Å². The van der Waals surface area contributed by atoms with Crippen LogP contribution in [-0.4, -0.2) is 80.2 Å². The second-order valence-electron chi connectivity index (χ2n) is 13.8. The molecule has 46 heavy (non-hydrogen) atoms. The molecule has 11 heteroatoms. The molecule has 2 N–H and O–H groups in total. The van der Waals surface area contributed by atoms with Gasteiger partial charge in [-0.2, -0.15) is 9.97 Å². The van der Waals surface area contributed by atoms with Crippen LogP contribution in [0, 0.1) is 11.6 Å². The highest BCUT2D eigenvalue weighted by atomic mass is 19.1. The first-order valence-electron chi connectivity index (χ1n) is 16.5. The molecule has 242 valence electrons. The van der Waals surface area contributed by atoms with Crippen LogP contribution in [0.4, 0.5) is 19.0 Å². The molecule has 5 aliphatic rings. The van der Waals surface area contributed by atoms with Gasteiger partial charge in [0.25, 0.3) is 0 Å². The molecule has 3 saturated heterocycles. The van der Waals surface area contributed by atoms with Crippen molar-refractivity contribution in [1.82, 2.24) is 19.9 Å². The van der Waals surface area contributed by atoms with E-state index in [0.717, 1.165) is 38.6 Å². The van der Waals surface area contributed by atoms with E-state index >= 15 is 8.78 Å². The second-order valence-corrected chi connectivity index (χ2v) is 13.8. The Balaban J connectivity index is 1.31. The quantitative estimate of drug-likeness (QED) is 0.274. The Labute approximate surface area is 265 Å². The van der Waals surface area contributed by atoms with Crippen molar-refractivity contribution in [2.24, 2.45) is 0 Å². The van der Waals surface area contributed by atoms with Gasteiger partial charge in [0.15, 0.2) is 5.82 Å². The van der Waals surface area contributed by atoms with Crippen molar-refractivity contribution in [3.05, 3.63) is 47.7 Å². The van der Waals surface area contributed by atoms with Crippen LogP contribution in [-0.2, 0) is 6.42 Å². The third-order valence-corrected chi connectivity index (χ3v) is 10.7. The van der Waals surface area contributed by atoms with Gasteiger partial charge < -0.3 is 19.8 Å². The van der Waals surface area contributed by atoms with E-state index in [1.54, 1.807) is 12.1 Å². The number of phenols is 1. The Morgan fingerprint density at radius 3 is 2.74 bits per heavy atom. The molecule has 7 heterocycles. The number of ether oxygens (including phenoxy) is 1. The van der Waals surface area contributed by atoms with Crippen LogP contribution < -0.4 is 9.64 Å². The number of alkyl halides is 1. The van der Waals surface area contributed by atoms with Crippen LogP contribution in [0.3, 0.4) is 0 Å². The summed E-state index contributed by atoms with van der Waals surface area (Å²) in [5.41, 5.74) is -0.755. The number of benzene rings is 2. The standard InChI is InChI=1S/C35H38F3N5O3/c36-22-16-34(9-4-13-43(34)18-22)20-46-33-40-31-26-17-39-30(29(31)38)25-15-23(44)14-21-7-8-27(37)24(28(21)25)6-2-1-3-10-35(45)11-5-12-42(19-35)32(26)41-33/h7-8,14-15,17,22,44-45H,1-6,9-13,16,18-20H2. The van der Waals surface area contributed by atoms with E-state index in [4.69, 9.17) is 9.72 Å². The van der Waals surface area contributed by atoms with E-state index < -0.39 is 28.9 Å². The normalized spacial score (nSPS) is 26.8. The number of aromatic hydroxyl groups is 1. The fourth-order valence-corrected chi connectivity index (χ4v) is 8.52. The van der Waals surface area contributed by atoms with Crippen LogP contribution >= 0.6 is 0 Å². The van der Waals surface area contributed by atoms with Gasteiger partial charge in [-0.3, -0.25) is 9.88 Å². The van der Waals surface area contributed by atoms with Gasteiger partial charge in [0.2, 0.25) is 0 Å². The van der Waals surface area contributed by atoms with E-state index in [0.29, 0.717) is 79.3 Å². The molecular formula is C35H38F3N5O3. The fourth-order valence-electron chi connectivity index (χ4n) is 8.52. The monoisotopic (exact) mass is 633 g/mol. The molecule has 3 unspecified atom stereocenters. The minimum atomic E-state index is -0.960. The van der Waals surface area contributed by atoms with Crippen molar-refractivity contribution in [3.63, 3.8) is 0 Å². The highest BCUT2D eigenvalue weighted by molar-refractivity contribution is 6.01. The van der Waals surface area contributed by atoms with Gasteiger partial charge in [-0.15, -0.1) is 0 Å². The van der Waals surface area contributed by atoms with E-state index in [-0.39, 0.29) is 35.1 Å². The van der Waals surface area contributed by atoms with Crippen LogP contribution in [0.5, 0.6) is 11.8 Å². The molecule has 2 aromatic heterocycles. The third-order valence-electron chi connectivity index (χ3n) is 10.7. The number of phenolic OH excluding ortho intramolecular Hbond substituents is 1. The number of anilines is 1. The zero-order valence-corrected chi connectivity index (χ0v) is 25.7. The zero-order valence-electron chi connectivity index (χ0n) is 25.7. The molecule has 0 radical (unpaired) electrons. The first kappa shape index (κ1) is 29.7. The Bertz CT molecular complexity index is 1840. The van der Waals surface area contributed by atoms with Crippen molar-refractivity contribution in [1.29, 1.82) is 0 Å². The summed E-state index contributed by atoms with van der Waals surface area (Å²) in [5, 5.41) is 23.8. The predicted molar refractivity (Wildman–Crippen MR) is 169 cm³/mol. The maximum Gasteiger partial charge on any atom is 0.319 e. The lowest BCUT2D eigenvalue weighted by molar-refractivity contribution is 0.0152. The SMILES string of the molecule is Oc1cc2c3c(c(F)ccc3c1)CCCCCC1(O)CCCN(C1)c1nc(OCC34CCCN3CC(F)C4)nc3c(F)c-2ncc13. The molecule has 0 spiro atoms. The van der Waals surface area contributed by atoms with Gasteiger partial charge in [-0.1, -0.05) is 18.9 Å². The maximum absolute atomic E-state index is 16.9. The van der Waals surface area contributed by atoms with Crippen molar-refractivity contribution < 1.29 is 28.1 Å². The number of piperidine rings is 1. The van der Waals surface area contributed by atoms with Gasteiger partial charge in [-0.25, -0.2) is 13.2 Å². The average molecular weight is 634 g/mol. The number of fused-ring (bicyclic) bond motifs is 6. The Hall–Kier alpha value is -3.70. The number of hydrogen-bond donors (Lipinski definition) is 2. The Morgan fingerprint density at radius 1 is 1.00 bits per heavy atom. The number of aromatic nitrogens is 3. The molecule has 8 nitrogen and oxygen atoms in total. The summed E-state index contributed by atoms with van der Waals surface area (Å²) in [6.07, 6.45) is 7.34. The molecule has 9 rings (SSSR count). The third kappa shape index (κ3) is 5.02. The van der Waals surface area contributed by atoms with Gasteiger partial charge in [0, 0.05) is 37.8 Å². The fraction of sp³-hybridized carbons (Fsp3) is 0.514. The average Bonchev–Trinajstić information content (AvgIpc) is 3.56. The predicted octanol–water partition coefficient (Wildman–Crippen LogP) is 6.23. The number of rotatable bonds is 3. The summed E-state index contributed by atoms with van der Waals surface area (Å²) < 4.78 is 53.0. The van der Waals surface area contributed by atoms with Gasteiger partial charge >= 0.3 is 6.01 Å². The van der Waals surface area contributed by atoms with Crippen molar-refractivity contribution in [3.8, 4) is 23.0 Å². The number of aliphatic hydroxyl groups is 1. The highest BCUT2D eigenvalue weighted by Gasteiger charge is 2.49. The van der Waals surface area contributed by atoms with Crippen LogP contribution in [0.15, 0.2) is 30.5 Å². The van der Waals surface area contributed by atoms with Crippen molar-refractivity contribution >= 4 is 27.5 Å². The molecule has 3 atom stereocenters. The largest absolute Gasteiger partial charge is 0.508 e. The van der Waals surface area contributed by atoms with Crippen molar-refractivity contribution in [2.45, 2.75) is 81.5 Å². The smallest absolute Gasteiger partial charge is 0.319 e. The summed E-state index contributed by atoms with van der Waals surface area (Å²) >= 11 is 0. The summed E-state index contributed by atoms with van der Waals surface area (Å²) in [6, 6.07) is 5.92. The first-order chi connectivity index (χ1) is 22.2. The van der Waals surface area contributed by atoms with E-state index in [1.165, 1.54) is 18.3 Å². The molecule has 6 bridgehead atoms. The Kier molecular flexibility index (Phi) is 7.24. The maximum atomic E-state index is 16.9. The number of pyridine rings is 1. The molecule has 2 aromatic carbocycles. The van der Waals surface area contributed by atoms with E-state index in [1.807, 2.05) is 4.90 Å². The molecule has 0 aliphatic carbocycles. The van der Waals surface area contributed by atoms with E-state index in [9.17, 15) is 14.6 Å². The van der Waals surface area contributed by atoms with Gasteiger partial charge in [0.1, 0.15) is 41.4 Å². The van der Waals surface area contributed by atoms with Crippen LogP contribution in [0.25, 0.3) is 32.9 Å². The van der Waals surface area contributed by atoms with Crippen molar-refractivity contribution in [2.75, 3.05) is 37.7 Å². The summed E-state index contributed by atoms with van der Waals surface area (Å²) in [6.45, 7) is 2.29. The summed E-state index contributed by atoms with van der Waals surface area (Å²) in [4.78, 5) is 18.0. The number of halogens is 3.